The van der Waals surface area contributed by atoms with Gasteiger partial charge in [-0.2, -0.15) is 187 Å². The number of alkyl halides is 37. The number of nitrogens with two attached hydrogens (primary N) is 1. The lowest BCUT2D eigenvalue weighted by molar-refractivity contribution is -0.293. The lowest BCUT2D eigenvalue weighted by atomic mass is 9.95. The van der Waals surface area contributed by atoms with Gasteiger partial charge in [-0.15, -0.1) is 5.10 Å². The fourth-order valence-corrected chi connectivity index (χ4v) is 7.52. The van der Waals surface area contributed by atoms with Crippen molar-refractivity contribution in [3.05, 3.63) is 167 Å². The van der Waals surface area contributed by atoms with Crippen LogP contribution >= 0.6 is 0 Å². The topological polar surface area (TPSA) is 116 Å². The molecular formula is C56H42F40N10. The molecule has 596 valence electrons. The van der Waals surface area contributed by atoms with Crippen molar-refractivity contribution in [1.29, 1.82) is 5.26 Å². The molecule has 2 aromatic heterocycles. The largest absolute Gasteiger partial charge is 0.460 e. The van der Waals surface area contributed by atoms with E-state index in [-0.39, 0.29) is 4.68 Å². The maximum absolute atomic E-state index is 14.0. The minimum atomic E-state index is -6.93. The number of hydrogen-bond acceptors (Lipinski definition) is 8. The number of halogens is 40. The van der Waals surface area contributed by atoms with E-state index < -0.39 is 170 Å². The van der Waals surface area contributed by atoms with Crippen LogP contribution in [0.15, 0.2) is 138 Å². The molecule has 106 heavy (non-hydrogen) atoms. The number of hydrazone groups is 1. The summed E-state index contributed by atoms with van der Waals surface area (Å²) in [6.45, 7) is 11.6. The average Bonchev–Trinajstić information content (AvgIpc) is 1.57. The van der Waals surface area contributed by atoms with Gasteiger partial charge in [-0.05, 0) is 68.2 Å². The van der Waals surface area contributed by atoms with Crippen molar-refractivity contribution in [2.24, 2.45) is 16.9 Å². The van der Waals surface area contributed by atoms with E-state index in [0.29, 0.717) is 0 Å². The first kappa shape index (κ1) is 94.9. The van der Waals surface area contributed by atoms with Gasteiger partial charge in [0.1, 0.15) is 22.5 Å². The van der Waals surface area contributed by atoms with Crippen LogP contribution in [-0.4, -0.2) is 111 Å². The van der Waals surface area contributed by atoms with Gasteiger partial charge in [0.25, 0.3) is 0 Å². The average molecular weight is 1610 g/mol. The summed E-state index contributed by atoms with van der Waals surface area (Å²) in [6.07, 6.45) is -57.4. The Balaban J connectivity index is 0.000000656. The van der Waals surface area contributed by atoms with Crippen molar-refractivity contribution >= 4 is 17.1 Å². The highest BCUT2D eigenvalue weighted by Crippen LogP contribution is 2.55. The summed E-state index contributed by atoms with van der Waals surface area (Å²) in [4.78, 5) is 2.38. The fourth-order valence-electron chi connectivity index (χ4n) is 7.52. The first-order valence-corrected chi connectivity index (χ1v) is 27.3. The van der Waals surface area contributed by atoms with Gasteiger partial charge in [-0.3, -0.25) is 5.84 Å². The Kier molecular flexibility index (Phi) is 31.4. The minimum Gasteiger partial charge on any atom is -0.324 e. The van der Waals surface area contributed by atoms with E-state index in [1.54, 1.807) is 6.07 Å². The minimum absolute atomic E-state index is 0.252. The molecule has 4 aromatic carbocycles. The summed E-state index contributed by atoms with van der Waals surface area (Å²) in [6, 6.07) is 22.4. The molecule has 0 amide bonds. The molecular weight excluding hydrogens is 1570 g/mol. The van der Waals surface area contributed by atoms with Crippen molar-refractivity contribution in [2.45, 2.75) is 113 Å². The van der Waals surface area contributed by atoms with E-state index in [4.69, 9.17) is 11.1 Å². The third kappa shape index (κ3) is 23.5. The predicted octanol–water partition coefficient (Wildman–Crippen LogP) is 21.6. The van der Waals surface area contributed by atoms with Crippen LogP contribution in [0.3, 0.4) is 0 Å². The zero-order chi connectivity index (χ0) is 83.2. The number of benzene rings is 4. The van der Waals surface area contributed by atoms with Crippen LogP contribution < -0.4 is 16.3 Å². The summed E-state index contributed by atoms with van der Waals surface area (Å²) in [5, 5.41) is 14.0. The van der Waals surface area contributed by atoms with Crippen molar-refractivity contribution in [2.75, 3.05) is 30.1 Å². The van der Waals surface area contributed by atoms with Gasteiger partial charge in [-0.25, -0.2) is 18.8 Å². The summed E-state index contributed by atoms with van der Waals surface area (Å²) in [7, 11) is 0. The molecule has 10 nitrogen and oxygen atoms in total. The highest BCUT2D eigenvalue weighted by atomic mass is 19.5. The quantitative estimate of drug-likeness (QED) is 0.0574. The van der Waals surface area contributed by atoms with E-state index in [1.807, 2.05) is 30.3 Å². The van der Waals surface area contributed by atoms with Crippen LogP contribution in [-0.2, 0) is 24.2 Å². The van der Waals surface area contributed by atoms with E-state index in [0.717, 1.165) is 66.4 Å². The Hall–Kier alpha value is -9.08. The summed E-state index contributed by atoms with van der Waals surface area (Å²) >= 11 is 0. The SMILES string of the molecule is CC#N.CCN(CC)CC.FC(=C(C(F)(F)F)C(F)(F)F)C(F)(F)C(F)(F)F.FC(F)(F)C1C(C(F)(F)C(F)(F)F)=NN(c2ccccc2)C1(F)F.Fc1c(C(F)(F)F)c(C(F)(F)C(F)(F)F)nn1-c1ccccc1.Fc1nn(-c2ccccc2)c(C(F)(F)C(F)(F)F)c1C(F)(F)F.NNc1ccccc1. The molecule has 0 saturated heterocycles. The van der Waals surface area contributed by atoms with Crippen LogP contribution in [0, 0.1) is 29.1 Å². The number of aromatic nitrogens is 4. The molecule has 0 fully saturated rings. The second-order valence-corrected chi connectivity index (χ2v) is 19.5. The fraction of sp³-hybridized carbons (Fsp3) is 0.393. The van der Waals surface area contributed by atoms with Gasteiger partial charge < -0.3 is 10.3 Å². The number of nitrogen functional groups attached to an aromatic ring is 1. The second kappa shape index (κ2) is 35.1. The second-order valence-electron chi connectivity index (χ2n) is 19.5. The molecule has 0 saturated carbocycles. The van der Waals surface area contributed by atoms with E-state index in [9.17, 15) is 176 Å². The van der Waals surface area contributed by atoms with Crippen molar-refractivity contribution in [3.63, 3.8) is 0 Å². The number of nitrogens with one attached hydrogen (secondary N) is 1. The lowest BCUT2D eigenvalue weighted by Gasteiger charge is -2.29. The molecule has 1 atom stereocenters. The lowest BCUT2D eigenvalue weighted by Crippen LogP contribution is -2.54. The zero-order valence-corrected chi connectivity index (χ0v) is 52.0. The Morgan fingerprint density at radius 1 is 0.491 bits per heavy atom. The number of nitrogens with zero attached hydrogens (tertiary/aromatic N) is 8. The number of para-hydroxylation sites is 4. The Bertz CT molecular complexity index is 3760. The van der Waals surface area contributed by atoms with Gasteiger partial charge in [0, 0.05) is 12.6 Å². The molecule has 1 unspecified atom stereocenters. The van der Waals surface area contributed by atoms with E-state index >= 15 is 0 Å². The number of hydrazine groups is 1. The Morgan fingerprint density at radius 2 is 0.830 bits per heavy atom. The van der Waals surface area contributed by atoms with Gasteiger partial charge in [0.15, 0.2) is 23.0 Å². The number of anilines is 2. The van der Waals surface area contributed by atoms with E-state index in [1.165, 1.54) is 56.9 Å². The van der Waals surface area contributed by atoms with Crippen LogP contribution in [0.4, 0.5) is 187 Å². The molecule has 0 spiro atoms. The van der Waals surface area contributed by atoms with Crippen molar-refractivity contribution < 1.29 is 176 Å². The first-order chi connectivity index (χ1) is 47.7. The predicted molar refractivity (Wildman–Crippen MR) is 289 cm³/mol. The molecule has 0 aliphatic carbocycles. The molecule has 3 heterocycles. The molecule has 7 rings (SSSR count). The number of rotatable bonds is 11. The number of hydrogen-bond donors (Lipinski definition) is 2. The third-order valence-corrected chi connectivity index (χ3v) is 12.4. The third-order valence-electron chi connectivity index (χ3n) is 12.4. The standard InChI is InChI=1S/C12H6F10N2.2C12H5F9N2.C6F12.C6H8N2.C6H15N.C2H3N/c13-9(14,12(20,21)22)8-7(10(15,16)17)11(18,19)24(23-8)6-4-2-1-3-5-6;13-9-7(11(16,17)18)8(10(14,15)12(19,20)21)23(22-9)6-4-2-1-3-5-6;13-9-7(11(16,17)18)8(10(14,15)12(19,20)21)22-23(9)6-4-2-1-3-5-6;7-2(3(8,9)6(16,17)18)1(4(10,11)12)5(13,14)15;7-8-6-4-2-1-3-5-6;1-4-7(5-2)6-3;1-2-3/h1-5,7H;2*1-5H;;1-5,8H,7H2;4-6H2,1-3H3;1H3. The monoisotopic (exact) mass is 1610 g/mol. The summed E-state index contributed by atoms with van der Waals surface area (Å²) < 4.78 is 503. The normalized spacial score (nSPS) is 14.7. The molecule has 50 heteroatoms. The maximum Gasteiger partial charge on any atom is 0.460 e. The molecule has 0 bridgehead atoms. The van der Waals surface area contributed by atoms with Crippen molar-refractivity contribution in [1.82, 2.24) is 24.5 Å². The van der Waals surface area contributed by atoms with Crippen LogP contribution in [0.1, 0.15) is 50.2 Å². The Morgan fingerprint density at radius 3 is 1.11 bits per heavy atom. The smallest absolute Gasteiger partial charge is 0.324 e. The zero-order valence-electron chi connectivity index (χ0n) is 52.0. The van der Waals surface area contributed by atoms with Gasteiger partial charge in [0.2, 0.25) is 11.9 Å². The molecule has 1 aliphatic heterocycles. The summed E-state index contributed by atoms with van der Waals surface area (Å²) in [5.41, 5.74) is -16.8. The van der Waals surface area contributed by atoms with Crippen LogP contribution in [0.25, 0.3) is 11.4 Å². The molecule has 3 N–H and O–H groups in total. The van der Waals surface area contributed by atoms with Gasteiger partial charge in [0.05, 0.1) is 23.1 Å². The maximum atomic E-state index is 14.0. The van der Waals surface area contributed by atoms with Crippen LogP contribution in [0.2, 0.25) is 0 Å². The van der Waals surface area contributed by atoms with E-state index in [2.05, 4.69) is 46.4 Å². The highest BCUT2D eigenvalue weighted by molar-refractivity contribution is 5.98. The molecule has 0 radical (unpaired) electrons. The molecule has 1 aliphatic rings. The number of allylic oxidation sites excluding steroid dienone is 2. The summed E-state index contributed by atoms with van der Waals surface area (Å²) in [5.74, 6) is -33.8. The van der Waals surface area contributed by atoms with Crippen LogP contribution in [0.5, 0.6) is 0 Å². The van der Waals surface area contributed by atoms with Crippen molar-refractivity contribution in [3.8, 4) is 17.4 Å². The van der Waals surface area contributed by atoms with Gasteiger partial charge >= 0.3 is 85.3 Å². The van der Waals surface area contributed by atoms with Gasteiger partial charge in [-0.1, -0.05) is 93.6 Å². The first-order valence-electron chi connectivity index (χ1n) is 27.3. The Labute approximate surface area is 566 Å². The number of nitriles is 1. The highest BCUT2D eigenvalue weighted by Gasteiger charge is 2.76. The molecule has 6 aromatic rings.